The molecule has 2 aromatic heterocycles. The second-order valence-electron chi connectivity index (χ2n) is 7.74. The average Bonchev–Trinajstić information content (AvgIpc) is 2.57. The van der Waals surface area contributed by atoms with Gasteiger partial charge in [-0.05, 0) is 44.9 Å². The summed E-state index contributed by atoms with van der Waals surface area (Å²) < 4.78 is 1.85. The second kappa shape index (κ2) is 6.32. The Morgan fingerprint density at radius 1 is 1.20 bits per heavy atom. The van der Waals surface area contributed by atoms with Crippen LogP contribution in [0.1, 0.15) is 63.5 Å². The number of nitrogens with two attached hydrogens (primary N) is 1. The highest BCUT2D eigenvalue weighted by molar-refractivity contribution is 5.89. The molecular formula is C19H27N5O. The van der Waals surface area contributed by atoms with Crippen LogP contribution in [0.25, 0.3) is 11.0 Å². The van der Waals surface area contributed by atoms with Crippen molar-refractivity contribution >= 4 is 22.7 Å². The predicted molar refractivity (Wildman–Crippen MR) is 101 cm³/mol. The van der Waals surface area contributed by atoms with E-state index in [0.717, 1.165) is 31.1 Å². The molecule has 2 saturated carbocycles. The van der Waals surface area contributed by atoms with Gasteiger partial charge in [0.15, 0.2) is 5.65 Å². The Morgan fingerprint density at radius 3 is 2.64 bits per heavy atom. The summed E-state index contributed by atoms with van der Waals surface area (Å²) in [6.07, 6.45) is 9.93. The monoisotopic (exact) mass is 341 g/mol. The predicted octanol–water partition coefficient (Wildman–Crippen LogP) is 3.40. The molecule has 2 aromatic rings. The standard InChI is InChI=1S/C19H27N5O/c1-11-6-3-4-9-15(11)22-19-21-10-14-16(20)12(2)18(25)24(17(14)23-19)13-7-5-8-13/h10-11,13,15H,3-9,20H2,1-2H3,(H,21,22,23)/t11-,15?/m0/s1. The van der Waals surface area contributed by atoms with Crippen LogP contribution >= 0.6 is 0 Å². The number of hydrogen-bond acceptors (Lipinski definition) is 5. The number of fused-ring (bicyclic) bond motifs is 1. The lowest BCUT2D eigenvalue weighted by Crippen LogP contribution is -2.33. The van der Waals surface area contributed by atoms with Crippen molar-refractivity contribution in [3.63, 3.8) is 0 Å². The van der Waals surface area contributed by atoms with E-state index in [0.29, 0.717) is 34.8 Å². The Bertz CT molecular complexity index is 855. The molecule has 3 N–H and O–H groups in total. The second-order valence-corrected chi connectivity index (χ2v) is 7.74. The van der Waals surface area contributed by atoms with Gasteiger partial charge in [0.1, 0.15) is 0 Å². The Hall–Kier alpha value is -2.11. The van der Waals surface area contributed by atoms with Gasteiger partial charge in [0.05, 0.1) is 11.1 Å². The molecule has 0 saturated heterocycles. The fourth-order valence-corrected chi connectivity index (χ4v) is 4.09. The van der Waals surface area contributed by atoms with Crippen LogP contribution in [0.5, 0.6) is 0 Å². The highest BCUT2D eigenvalue weighted by Crippen LogP contribution is 2.34. The van der Waals surface area contributed by atoms with Crippen LogP contribution in [0.2, 0.25) is 0 Å². The van der Waals surface area contributed by atoms with Gasteiger partial charge in [-0.2, -0.15) is 4.98 Å². The smallest absolute Gasteiger partial charge is 0.257 e. The zero-order valence-corrected chi connectivity index (χ0v) is 15.1. The summed E-state index contributed by atoms with van der Waals surface area (Å²) in [7, 11) is 0. The van der Waals surface area contributed by atoms with Crippen molar-refractivity contribution in [1.29, 1.82) is 0 Å². The molecule has 25 heavy (non-hydrogen) atoms. The van der Waals surface area contributed by atoms with Crippen molar-refractivity contribution in [1.82, 2.24) is 14.5 Å². The van der Waals surface area contributed by atoms with E-state index in [2.05, 4.69) is 17.2 Å². The number of anilines is 2. The minimum atomic E-state index is -0.00890. The zero-order valence-electron chi connectivity index (χ0n) is 15.1. The van der Waals surface area contributed by atoms with Gasteiger partial charge in [0, 0.05) is 23.8 Å². The number of rotatable bonds is 3. The third-order valence-electron chi connectivity index (χ3n) is 6.10. The topological polar surface area (TPSA) is 85.8 Å². The molecule has 6 heteroatoms. The van der Waals surface area contributed by atoms with Crippen molar-refractivity contribution < 1.29 is 0 Å². The summed E-state index contributed by atoms with van der Waals surface area (Å²) >= 11 is 0. The van der Waals surface area contributed by atoms with E-state index in [1.807, 2.05) is 4.57 Å². The molecule has 2 aliphatic carbocycles. The highest BCUT2D eigenvalue weighted by atomic mass is 16.1. The Morgan fingerprint density at radius 2 is 1.96 bits per heavy atom. The fourth-order valence-electron chi connectivity index (χ4n) is 4.09. The van der Waals surface area contributed by atoms with Crippen molar-refractivity contribution in [3.8, 4) is 0 Å². The van der Waals surface area contributed by atoms with E-state index in [-0.39, 0.29) is 11.6 Å². The number of nitrogens with one attached hydrogen (secondary N) is 1. The lowest BCUT2D eigenvalue weighted by Gasteiger charge is -2.31. The van der Waals surface area contributed by atoms with Gasteiger partial charge in [-0.15, -0.1) is 0 Å². The van der Waals surface area contributed by atoms with Gasteiger partial charge in [-0.1, -0.05) is 19.8 Å². The van der Waals surface area contributed by atoms with Gasteiger partial charge in [0.25, 0.3) is 5.56 Å². The fraction of sp³-hybridized carbons (Fsp3) is 0.632. The molecule has 2 atom stereocenters. The molecule has 0 aromatic carbocycles. The van der Waals surface area contributed by atoms with Crippen molar-refractivity contribution in [2.75, 3.05) is 11.1 Å². The minimum absolute atomic E-state index is 0.00890. The van der Waals surface area contributed by atoms with Crippen LogP contribution in [0.4, 0.5) is 11.6 Å². The van der Waals surface area contributed by atoms with E-state index in [9.17, 15) is 4.79 Å². The molecule has 134 valence electrons. The van der Waals surface area contributed by atoms with Crippen molar-refractivity contribution in [3.05, 3.63) is 22.1 Å². The maximum Gasteiger partial charge on any atom is 0.257 e. The lowest BCUT2D eigenvalue weighted by atomic mass is 9.86. The first kappa shape index (κ1) is 16.4. The number of nitrogens with zero attached hydrogens (tertiary/aromatic N) is 3. The normalized spacial score (nSPS) is 24.2. The van der Waals surface area contributed by atoms with Gasteiger partial charge >= 0.3 is 0 Å². The molecule has 2 heterocycles. The van der Waals surface area contributed by atoms with Crippen LogP contribution in [-0.4, -0.2) is 20.6 Å². The van der Waals surface area contributed by atoms with E-state index < -0.39 is 0 Å². The van der Waals surface area contributed by atoms with E-state index >= 15 is 0 Å². The van der Waals surface area contributed by atoms with Gasteiger partial charge < -0.3 is 11.1 Å². The Kier molecular flexibility index (Phi) is 4.13. The molecule has 6 nitrogen and oxygen atoms in total. The first-order valence-electron chi connectivity index (χ1n) is 9.50. The van der Waals surface area contributed by atoms with Crippen LogP contribution in [-0.2, 0) is 0 Å². The average molecular weight is 341 g/mol. The maximum atomic E-state index is 12.8. The molecule has 2 aliphatic rings. The third-order valence-corrected chi connectivity index (χ3v) is 6.10. The number of aromatic nitrogens is 3. The molecule has 0 amide bonds. The van der Waals surface area contributed by atoms with Crippen LogP contribution in [0.15, 0.2) is 11.0 Å². The molecule has 2 fully saturated rings. The quantitative estimate of drug-likeness (QED) is 0.893. The first-order chi connectivity index (χ1) is 12.1. The maximum absolute atomic E-state index is 12.8. The van der Waals surface area contributed by atoms with E-state index in [1.165, 1.54) is 19.3 Å². The van der Waals surface area contributed by atoms with Crippen LogP contribution in [0.3, 0.4) is 0 Å². The van der Waals surface area contributed by atoms with E-state index in [1.54, 1.807) is 13.1 Å². The van der Waals surface area contributed by atoms with Crippen molar-refractivity contribution in [2.45, 2.75) is 70.9 Å². The van der Waals surface area contributed by atoms with E-state index in [4.69, 9.17) is 10.7 Å². The molecule has 0 radical (unpaired) electrons. The summed E-state index contributed by atoms with van der Waals surface area (Å²) in [5.74, 6) is 1.23. The van der Waals surface area contributed by atoms with Gasteiger partial charge in [0.2, 0.25) is 5.95 Å². The summed E-state index contributed by atoms with van der Waals surface area (Å²) in [6.45, 7) is 4.08. The largest absolute Gasteiger partial charge is 0.398 e. The van der Waals surface area contributed by atoms with Crippen molar-refractivity contribution in [2.24, 2.45) is 5.92 Å². The van der Waals surface area contributed by atoms with Gasteiger partial charge in [-0.25, -0.2) is 4.98 Å². The molecule has 0 aliphatic heterocycles. The molecular weight excluding hydrogens is 314 g/mol. The molecule has 0 bridgehead atoms. The molecule has 0 spiro atoms. The highest BCUT2D eigenvalue weighted by Gasteiger charge is 2.26. The van der Waals surface area contributed by atoms with Crippen LogP contribution in [0, 0.1) is 12.8 Å². The first-order valence-corrected chi connectivity index (χ1v) is 9.50. The summed E-state index contributed by atoms with van der Waals surface area (Å²) in [4.78, 5) is 22.0. The number of hydrogen-bond donors (Lipinski definition) is 2. The minimum Gasteiger partial charge on any atom is -0.398 e. The molecule has 4 rings (SSSR count). The number of pyridine rings is 1. The Balaban J connectivity index is 1.78. The SMILES string of the molecule is Cc1c(N)c2cnc(NC3CCCC[C@@H]3C)nc2n(C2CCC2)c1=O. The van der Waals surface area contributed by atoms with Gasteiger partial charge in [-0.3, -0.25) is 9.36 Å². The molecule has 1 unspecified atom stereocenters. The summed E-state index contributed by atoms with van der Waals surface area (Å²) in [5, 5.41) is 4.28. The zero-order chi connectivity index (χ0) is 17.6. The lowest BCUT2D eigenvalue weighted by molar-refractivity contribution is 0.313. The Labute approximate surface area is 147 Å². The summed E-state index contributed by atoms with van der Waals surface area (Å²) in [5.41, 5.74) is 7.97. The van der Waals surface area contributed by atoms with Crippen LogP contribution < -0.4 is 16.6 Å². The summed E-state index contributed by atoms with van der Waals surface area (Å²) in [6, 6.07) is 0.642. The number of nitrogen functional groups attached to an aromatic ring is 1. The third kappa shape index (κ3) is 2.77.